The molecule has 0 saturated carbocycles. The van der Waals surface area contributed by atoms with Gasteiger partial charge in [-0.15, -0.1) is 0 Å². The average Bonchev–Trinajstić information content (AvgIpc) is 3.13. The number of hydrogen-bond donors (Lipinski definition) is 3. The van der Waals surface area contributed by atoms with Crippen LogP contribution in [-0.4, -0.2) is 35.1 Å². The zero-order chi connectivity index (χ0) is 36.6. The topological polar surface area (TPSA) is 88.4 Å². The molecule has 0 aromatic heterocycles. The Hall–Kier alpha value is -3.84. The van der Waals surface area contributed by atoms with Crippen LogP contribution in [0.3, 0.4) is 0 Å². The summed E-state index contributed by atoms with van der Waals surface area (Å²) >= 11 is 0. The molecular formula is C44H58O6. The Balaban J connectivity index is 1.95. The summed E-state index contributed by atoms with van der Waals surface area (Å²) in [7, 11) is 0. The quantitative estimate of drug-likeness (QED) is 0.0962. The molecule has 0 heterocycles. The zero-order valence-corrected chi connectivity index (χ0v) is 31.7. The normalized spacial score (nSPS) is 13.1. The Morgan fingerprint density at radius 2 is 0.720 bits per heavy atom. The number of phenolic OH excluding ortho intramolecular Hbond substituents is 3. The third-order valence-electron chi connectivity index (χ3n) is 10.4. The third-order valence-corrected chi connectivity index (χ3v) is 10.4. The van der Waals surface area contributed by atoms with Crippen molar-refractivity contribution in [2.75, 3.05) is 19.8 Å². The first-order chi connectivity index (χ1) is 23.9. The van der Waals surface area contributed by atoms with E-state index in [0.717, 1.165) is 67.6 Å². The minimum absolute atomic E-state index is 0.202. The number of rotatable bonds is 17. The first-order valence-electron chi connectivity index (χ1n) is 18.3. The predicted octanol–water partition coefficient (Wildman–Crippen LogP) is 9.78. The van der Waals surface area contributed by atoms with Gasteiger partial charge in [-0.2, -0.15) is 0 Å². The second kappa shape index (κ2) is 16.9. The van der Waals surface area contributed by atoms with Crippen molar-refractivity contribution in [3.05, 3.63) is 122 Å². The monoisotopic (exact) mass is 682 g/mol. The summed E-state index contributed by atoms with van der Waals surface area (Å²) in [6.45, 7) is 21.3. The van der Waals surface area contributed by atoms with Crippen LogP contribution in [0.1, 0.15) is 124 Å². The Bertz CT molecular complexity index is 1680. The first-order valence-corrected chi connectivity index (χ1v) is 18.3. The Morgan fingerprint density at radius 3 is 1.10 bits per heavy atom. The van der Waals surface area contributed by atoms with Gasteiger partial charge < -0.3 is 29.5 Å². The highest BCUT2D eigenvalue weighted by molar-refractivity contribution is 5.58. The molecule has 1 atom stereocenters. The molecule has 270 valence electrons. The average molecular weight is 683 g/mol. The van der Waals surface area contributed by atoms with Gasteiger partial charge in [0.1, 0.15) is 17.2 Å². The maximum absolute atomic E-state index is 11.3. The Kier molecular flexibility index (Phi) is 13.2. The van der Waals surface area contributed by atoms with E-state index in [1.165, 1.54) is 0 Å². The van der Waals surface area contributed by atoms with E-state index in [-0.39, 0.29) is 24.4 Å². The van der Waals surface area contributed by atoms with E-state index in [1.807, 2.05) is 20.8 Å². The van der Waals surface area contributed by atoms with Gasteiger partial charge in [0.15, 0.2) is 0 Å². The summed E-state index contributed by atoms with van der Waals surface area (Å²) in [5.41, 5.74) is 9.39. The molecule has 4 aromatic rings. The minimum atomic E-state index is -0.654. The van der Waals surface area contributed by atoms with Gasteiger partial charge in [0.25, 0.3) is 0 Å². The molecule has 0 radical (unpaired) electrons. The molecule has 4 aromatic carbocycles. The molecule has 0 spiro atoms. The summed E-state index contributed by atoms with van der Waals surface area (Å²) in [6, 6.07) is 21.4. The molecule has 0 bridgehead atoms. The lowest BCUT2D eigenvalue weighted by molar-refractivity contribution is 0.126. The van der Waals surface area contributed by atoms with E-state index in [4.69, 9.17) is 14.2 Å². The van der Waals surface area contributed by atoms with Gasteiger partial charge in [-0.25, -0.2) is 0 Å². The van der Waals surface area contributed by atoms with Crippen LogP contribution in [-0.2, 0) is 64.1 Å². The lowest BCUT2D eigenvalue weighted by Gasteiger charge is -2.35. The summed E-state index contributed by atoms with van der Waals surface area (Å²) in [5, 5.41) is 33.4. The van der Waals surface area contributed by atoms with Gasteiger partial charge in [0, 0.05) is 47.3 Å². The molecule has 1 unspecified atom stereocenters. The largest absolute Gasteiger partial charge is 0.507 e. The highest BCUT2D eigenvalue weighted by Gasteiger charge is 2.35. The van der Waals surface area contributed by atoms with Crippen LogP contribution in [0.25, 0.3) is 0 Å². The van der Waals surface area contributed by atoms with Crippen molar-refractivity contribution < 1.29 is 29.5 Å². The fraction of sp³-hybridized carbons (Fsp3) is 0.455. The Labute approximate surface area is 300 Å². The summed E-state index contributed by atoms with van der Waals surface area (Å²) in [6.07, 6.45) is 2.13. The van der Waals surface area contributed by atoms with Crippen LogP contribution < -0.4 is 0 Å². The molecule has 6 nitrogen and oxygen atoms in total. The summed E-state index contributed by atoms with van der Waals surface area (Å²) in [4.78, 5) is 0. The van der Waals surface area contributed by atoms with Gasteiger partial charge >= 0.3 is 0 Å². The molecule has 0 saturated heterocycles. The fourth-order valence-electron chi connectivity index (χ4n) is 6.88. The number of ether oxygens (including phenoxy) is 3. The molecule has 50 heavy (non-hydrogen) atoms. The number of phenols is 3. The van der Waals surface area contributed by atoms with E-state index in [0.29, 0.717) is 50.8 Å². The van der Waals surface area contributed by atoms with Gasteiger partial charge in [0.05, 0.1) is 19.8 Å². The van der Waals surface area contributed by atoms with Crippen LogP contribution >= 0.6 is 0 Å². The van der Waals surface area contributed by atoms with Crippen molar-refractivity contribution in [1.29, 1.82) is 0 Å². The Morgan fingerprint density at radius 1 is 0.420 bits per heavy atom. The van der Waals surface area contributed by atoms with E-state index in [1.54, 1.807) is 0 Å². The van der Waals surface area contributed by atoms with Crippen molar-refractivity contribution in [1.82, 2.24) is 0 Å². The SMILES string of the molecule is CCOCc1cc(C(C)(C)c2ccc(C(C)(c3cc(CC)c(O)c(CC)c3)c3cc(COCC)c(O)c(COCC)c3)cc2)cc(CC)c1O. The maximum Gasteiger partial charge on any atom is 0.126 e. The van der Waals surface area contributed by atoms with Crippen LogP contribution in [0, 0.1) is 0 Å². The molecule has 6 heteroatoms. The molecule has 0 fully saturated rings. The fourth-order valence-corrected chi connectivity index (χ4v) is 6.88. The van der Waals surface area contributed by atoms with E-state index in [9.17, 15) is 15.3 Å². The van der Waals surface area contributed by atoms with E-state index in [2.05, 4.69) is 102 Å². The summed E-state index contributed by atoms with van der Waals surface area (Å²) < 4.78 is 17.3. The number of aryl methyl sites for hydroxylation is 3. The molecule has 0 amide bonds. The third kappa shape index (κ3) is 7.88. The summed E-state index contributed by atoms with van der Waals surface area (Å²) in [5.74, 6) is 0.884. The molecule has 3 N–H and O–H groups in total. The maximum atomic E-state index is 11.3. The second-order valence-electron chi connectivity index (χ2n) is 13.7. The van der Waals surface area contributed by atoms with Crippen LogP contribution in [0.2, 0.25) is 0 Å². The van der Waals surface area contributed by atoms with Crippen molar-refractivity contribution in [3.63, 3.8) is 0 Å². The van der Waals surface area contributed by atoms with Crippen LogP contribution in [0.15, 0.2) is 60.7 Å². The van der Waals surface area contributed by atoms with Crippen molar-refractivity contribution in [3.8, 4) is 17.2 Å². The van der Waals surface area contributed by atoms with Crippen molar-refractivity contribution >= 4 is 0 Å². The van der Waals surface area contributed by atoms with Gasteiger partial charge in [-0.3, -0.25) is 0 Å². The zero-order valence-electron chi connectivity index (χ0n) is 31.7. The predicted molar refractivity (Wildman–Crippen MR) is 203 cm³/mol. The molecule has 4 rings (SSSR count). The number of hydrogen-bond acceptors (Lipinski definition) is 6. The lowest BCUT2D eigenvalue weighted by atomic mass is 9.68. The molecular weight excluding hydrogens is 624 g/mol. The smallest absolute Gasteiger partial charge is 0.126 e. The van der Waals surface area contributed by atoms with Crippen molar-refractivity contribution in [2.45, 2.75) is 112 Å². The highest BCUT2D eigenvalue weighted by Crippen LogP contribution is 2.45. The second-order valence-corrected chi connectivity index (χ2v) is 13.7. The van der Waals surface area contributed by atoms with Crippen LogP contribution in [0.4, 0.5) is 0 Å². The van der Waals surface area contributed by atoms with Gasteiger partial charge in [-0.05, 0) is 110 Å². The van der Waals surface area contributed by atoms with E-state index < -0.39 is 5.41 Å². The highest BCUT2D eigenvalue weighted by atomic mass is 16.5. The first kappa shape index (κ1) is 39.0. The van der Waals surface area contributed by atoms with Crippen LogP contribution in [0.5, 0.6) is 17.2 Å². The number of aromatic hydroxyl groups is 3. The molecule has 0 aliphatic heterocycles. The van der Waals surface area contributed by atoms with Crippen molar-refractivity contribution in [2.24, 2.45) is 0 Å². The lowest BCUT2D eigenvalue weighted by Crippen LogP contribution is -2.27. The van der Waals surface area contributed by atoms with E-state index >= 15 is 0 Å². The minimum Gasteiger partial charge on any atom is -0.507 e. The molecule has 0 aliphatic carbocycles. The van der Waals surface area contributed by atoms with Gasteiger partial charge in [0.2, 0.25) is 0 Å². The van der Waals surface area contributed by atoms with Gasteiger partial charge in [-0.1, -0.05) is 77.1 Å². The molecule has 0 aliphatic rings. The standard InChI is InChI=1S/C44H58O6/c1-10-29-20-37(23-32(41(29)46)26-48-13-4)43(7,8)35-16-18-36(19-17-35)44(9,38-21-30(11-2)40(45)31(12-3)22-38)39-24-33(27-49-14-5)42(47)34(25-39)28-50-15-6/h16-25,45-47H,10-15,26-28H2,1-9H3. The number of benzene rings is 4.